The predicted molar refractivity (Wildman–Crippen MR) is 221 cm³/mol. The largest absolute Gasteiger partial charge is 0.353 e. The molecule has 1 saturated carbocycles. The predicted octanol–water partition coefficient (Wildman–Crippen LogP) is 5.00. The third-order valence-corrected chi connectivity index (χ3v) is 13.1. The molecule has 15 heteroatoms. The van der Waals surface area contributed by atoms with Crippen molar-refractivity contribution in [1.82, 2.24) is 41.0 Å². The Bertz CT molecular complexity index is 2240. The summed E-state index contributed by atoms with van der Waals surface area (Å²) in [5, 5.41) is 13.0. The molecule has 2 aromatic carbocycles. The van der Waals surface area contributed by atoms with Gasteiger partial charge in [-0.3, -0.25) is 19.2 Å². The van der Waals surface area contributed by atoms with Crippen LogP contribution in [0.2, 0.25) is 0 Å². The maximum absolute atomic E-state index is 15.4. The summed E-state index contributed by atoms with van der Waals surface area (Å²) in [4.78, 5) is 64.4. The Morgan fingerprint density at radius 2 is 1.24 bits per heavy atom. The molecule has 6 N–H and O–H groups in total. The number of carbonyl (C=O) groups excluding carboxylic acids is 4. The number of nitrogens with one attached hydrogen (secondary N) is 6. The van der Waals surface area contributed by atoms with Crippen molar-refractivity contribution >= 4 is 45.4 Å². The molecule has 1 aliphatic carbocycles. The zero-order chi connectivity index (χ0) is 42.3. The van der Waals surface area contributed by atoms with Gasteiger partial charge in [0.05, 0.1) is 30.0 Å². The normalized spacial score (nSPS) is 21.9. The molecule has 12 nitrogen and oxygen atoms in total. The molecule has 4 heterocycles. The summed E-state index contributed by atoms with van der Waals surface area (Å²) in [7, 11) is 3.35. The Labute approximate surface area is 342 Å². The second-order valence-electron chi connectivity index (χ2n) is 17.0. The number of aromatic amines is 2. The van der Waals surface area contributed by atoms with Crippen molar-refractivity contribution in [2.24, 2.45) is 5.41 Å². The number of hydrogen-bond donors (Lipinski definition) is 6. The molecule has 318 valence electrons. The van der Waals surface area contributed by atoms with Crippen molar-refractivity contribution in [3.63, 3.8) is 0 Å². The summed E-state index contributed by atoms with van der Waals surface area (Å²) in [5.41, 5.74) is 3.86. The van der Waals surface area contributed by atoms with Gasteiger partial charge in [-0.15, -0.1) is 0 Å². The van der Waals surface area contributed by atoms with Gasteiger partial charge in [-0.25, -0.2) is 13.2 Å². The fourth-order valence-corrected chi connectivity index (χ4v) is 9.18. The van der Waals surface area contributed by atoms with Crippen LogP contribution in [-0.4, -0.2) is 113 Å². The number of halogens is 3. The number of aromatic nitrogens is 2. The van der Waals surface area contributed by atoms with E-state index >= 15 is 4.39 Å². The van der Waals surface area contributed by atoms with Gasteiger partial charge >= 0.3 is 0 Å². The molecule has 0 radical (unpaired) electrons. The number of likely N-dealkylation sites (tertiary alicyclic amines) is 2. The standard InChI is InChI=1S/C44H57F3N8O4/c1-7-34(52-40(56)23(3)48-5)42(58)54-21-27(47)15-28(54)18-32-30-11-9-25(45)16-36(30)50-38(32)39-33(31-12-10-26(46)17-37(31)51-39)19-29-20-44(13-14-44)22-55(29)43(59)35(8-2)53-41(57)24(4)49-6/h9-12,16-17,23-24,27-29,34-35,48-51H,7-8,13-15,18-22H2,1-6H3,(H,52,56)(H,53,57). The molecule has 3 aliphatic rings. The van der Waals surface area contributed by atoms with Crippen LogP contribution in [0.4, 0.5) is 13.2 Å². The van der Waals surface area contributed by atoms with E-state index in [2.05, 4.69) is 31.2 Å². The first-order valence-corrected chi connectivity index (χ1v) is 21.0. The molecule has 7 rings (SSSR count). The minimum Gasteiger partial charge on any atom is -0.353 e. The fourth-order valence-electron chi connectivity index (χ4n) is 9.18. The minimum atomic E-state index is -1.29. The van der Waals surface area contributed by atoms with Crippen LogP contribution in [0.1, 0.15) is 77.3 Å². The average Bonchev–Trinajstić information content (AvgIpc) is 3.45. The topological polar surface area (TPSA) is 154 Å². The molecule has 4 aromatic rings. The number of H-pyrrole nitrogens is 2. The Balaban J connectivity index is 1.27. The van der Waals surface area contributed by atoms with Crippen LogP contribution in [0.3, 0.4) is 0 Å². The fraction of sp³-hybridized carbons (Fsp3) is 0.545. The van der Waals surface area contributed by atoms with Crippen molar-refractivity contribution in [2.75, 3.05) is 27.2 Å². The van der Waals surface area contributed by atoms with E-state index in [1.807, 2.05) is 11.8 Å². The molecule has 59 heavy (non-hydrogen) atoms. The van der Waals surface area contributed by atoms with Gasteiger partial charge in [-0.1, -0.05) is 13.8 Å². The third-order valence-electron chi connectivity index (χ3n) is 13.1. The molecule has 2 aliphatic heterocycles. The van der Waals surface area contributed by atoms with Gasteiger partial charge in [-0.2, -0.15) is 0 Å². The van der Waals surface area contributed by atoms with Crippen LogP contribution in [0.25, 0.3) is 33.2 Å². The molecule has 7 atom stereocenters. The number of carbonyl (C=O) groups is 4. The second-order valence-corrected chi connectivity index (χ2v) is 17.0. The number of fused-ring (bicyclic) bond motifs is 2. The van der Waals surface area contributed by atoms with E-state index in [4.69, 9.17) is 0 Å². The van der Waals surface area contributed by atoms with E-state index in [-0.39, 0.29) is 54.5 Å². The SMILES string of the molecule is CCC(NC(=O)C(C)NC)C(=O)N1CC(F)CC1Cc1c(-c2[nH]c3cc(F)ccc3c2CC2CC3(CC3)CN2C(=O)C(CC)NC(=O)C(C)NC)[nH]c2cc(F)ccc12. The molecule has 0 bridgehead atoms. The highest BCUT2D eigenvalue weighted by Crippen LogP contribution is 2.56. The molecule has 2 aromatic heterocycles. The molecule has 4 amide bonds. The first kappa shape index (κ1) is 42.2. The van der Waals surface area contributed by atoms with Crippen molar-refractivity contribution in [2.45, 2.75) is 121 Å². The van der Waals surface area contributed by atoms with Crippen molar-refractivity contribution in [1.29, 1.82) is 0 Å². The highest BCUT2D eigenvalue weighted by atomic mass is 19.1. The maximum Gasteiger partial charge on any atom is 0.245 e. The van der Waals surface area contributed by atoms with Crippen LogP contribution in [0.15, 0.2) is 36.4 Å². The van der Waals surface area contributed by atoms with E-state index in [0.29, 0.717) is 53.6 Å². The lowest BCUT2D eigenvalue weighted by Gasteiger charge is -2.30. The van der Waals surface area contributed by atoms with Crippen molar-refractivity contribution in [3.05, 3.63) is 59.2 Å². The summed E-state index contributed by atoms with van der Waals surface area (Å²) < 4.78 is 45.1. The van der Waals surface area contributed by atoms with Crippen LogP contribution in [0.5, 0.6) is 0 Å². The Kier molecular flexibility index (Phi) is 12.2. The first-order valence-electron chi connectivity index (χ1n) is 21.0. The molecule has 3 fully saturated rings. The smallest absolute Gasteiger partial charge is 0.245 e. The Hall–Kier alpha value is -4.89. The highest BCUT2D eigenvalue weighted by Gasteiger charge is 2.54. The quantitative estimate of drug-likeness (QED) is 0.0993. The number of hydrogen-bond acceptors (Lipinski definition) is 6. The first-order chi connectivity index (χ1) is 28.2. The van der Waals surface area contributed by atoms with Gasteiger partial charge in [0.1, 0.15) is 29.9 Å². The van der Waals surface area contributed by atoms with E-state index in [0.717, 1.165) is 35.8 Å². The minimum absolute atomic E-state index is 0.00532. The number of amides is 4. The summed E-state index contributed by atoms with van der Waals surface area (Å²) in [5.74, 6) is -1.98. The van der Waals surface area contributed by atoms with Crippen molar-refractivity contribution < 1.29 is 32.3 Å². The van der Waals surface area contributed by atoms with Gasteiger partial charge in [0, 0.05) is 46.9 Å². The number of nitrogens with zero attached hydrogens (tertiary/aromatic N) is 2. The molecule has 2 saturated heterocycles. The van der Waals surface area contributed by atoms with E-state index < -0.39 is 48.0 Å². The molecular weight excluding hydrogens is 762 g/mol. The lowest BCUT2D eigenvalue weighted by Crippen LogP contribution is -2.53. The van der Waals surface area contributed by atoms with E-state index in [1.165, 1.54) is 29.2 Å². The molecule has 7 unspecified atom stereocenters. The monoisotopic (exact) mass is 818 g/mol. The zero-order valence-electron chi connectivity index (χ0n) is 34.7. The maximum atomic E-state index is 15.4. The van der Waals surface area contributed by atoms with Crippen LogP contribution < -0.4 is 21.3 Å². The average molecular weight is 819 g/mol. The third kappa shape index (κ3) is 8.45. The number of likely N-dealkylation sites (N-methyl/N-ethyl adjacent to an activating group) is 2. The lowest BCUT2D eigenvalue weighted by molar-refractivity contribution is -0.137. The number of rotatable bonds is 15. The van der Waals surface area contributed by atoms with Crippen LogP contribution >= 0.6 is 0 Å². The van der Waals surface area contributed by atoms with E-state index in [1.54, 1.807) is 47.0 Å². The van der Waals surface area contributed by atoms with Crippen molar-refractivity contribution in [3.8, 4) is 11.4 Å². The van der Waals surface area contributed by atoms with Gasteiger partial charge in [0.2, 0.25) is 23.6 Å². The Morgan fingerprint density at radius 1 is 0.763 bits per heavy atom. The number of alkyl halides is 1. The summed E-state index contributed by atoms with van der Waals surface area (Å²) >= 11 is 0. The second kappa shape index (κ2) is 17.0. The summed E-state index contributed by atoms with van der Waals surface area (Å²) in [6.07, 6.45) is 2.93. The van der Waals surface area contributed by atoms with E-state index in [9.17, 15) is 28.0 Å². The van der Waals surface area contributed by atoms with Crippen LogP contribution in [0, 0.1) is 17.0 Å². The van der Waals surface area contributed by atoms with Gasteiger partial charge in [-0.05, 0) is 126 Å². The van der Waals surface area contributed by atoms with Gasteiger partial charge in [0.25, 0.3) is 0 Å². The number of benzene rings is 2. The summed E-state index contributed by atoms with van der Waals surface area (Å²) in [6.45, 7) is 7.56. The molecule has 1 spiro atoms. The summed E-state index contributed by atoms with van der Waals surface area (Å²) in [6, 6.07) is 5.62. The zero-order valence-corrected chi connectivity index (χ0v) is 34.7. The molecular formula is C44H57F3N8O4. The lowest BCUT2D eigenvalue weighted by atomic mass is 9.93. The van der Waals surface area contributed by atoms with Crippen LogP contribution in [-0.2, 0) is 32.0 Å². The van der Waals surface area contributed by atoms with Gasteiger partial charge < -0.3 is 41.0 Å². The van der Waals surface area contributed by atoms with Gasteiger partial charge in [0.15, 0.2) is 0 Å². The highest BCUT2D eigenvalue weighted by molar-refractivity contribution is 5.97. The Morgan fingerprint density at radius 3 is 1.69 bits per heavy atom.